The van der Waals surface area contributed by atoms with E-state index in [4.69, 9.17) is 4.74 Å². The smallest absolute Gasteiger partial charge is 0.298 e. The van der Waals surface area contributed by atoms with Crippen molar-refractivity contribution in [3.63, 3.8) is 0 Å². The van der Waals surface area contributed by atoms with Crippen LogP contribution in [0, 0.1) is 37.0 Å². The number of nitrogens with zero attached hydrogens (tertiary/aromatic N) is 2. The lowest BCUT2D eigenvalue weighted by atomic mass is 9.43. The summed E-state index contributed by atoms with van der Waals surface area (Å²) in [5.74, 6) is 7.60. The van der Waals surface area contributed by atoms with Crippen molar-refractivity contribution in [1.82, 2.24) is 9.80 Å². The number of benzene rings is 2. The molecule has 5 nitrogen and oxygen atoms in total. The molecule has 2 saturated carbocycles. The summed E-state index contributed by atoms with van der Waals surface area (Å²) < 4.78 is 6.77. The minimum absolute atomic E-state index is 0.0440. The molecule has 2 bridgehead atoms. The maximum atomic E-state index is 13.4. The van der Waals surface area contributed by atoms with Crippen LogP contribution in [0.15, 0.2) is 30.3 Å². The number of aromatic hydroxyl groups is 1. The van der Waals surface area contributed by atoms with Crippen molar-refractivity contribution in [3.05, 3.63) is 58.1 Å². The van der Waals surface area contributed by atoms with E-state index >= 15 is 0 Å². The van der Waals surface area contributed by atoms with E-state index in [2.05, 4.69) is 49.6 Å². The van der Waals surface area contributed by atoms with Gasteiger partial charge in [0.25, 0.3) is 5.91 Å². The topological polar surface area (TPSA) is 53.0 Å². The van der Waals surface area contributed by atoms with Crippen LogP contribution in [0.4, 0.5) is 0 Å². The highest BCUT2D eigenvalue weighted by Gasteiger charge is 2.71. The number of amides is 1. The van der Waals surface area contributed by atoms with Crippen LogP contribution in [-0.2, 0) is 16.6 Å². The molecule has 0 radical (unpaired) electrons. The summed E-state index contributed by atoms with van der Waals surface area (Å²) in [5, 5.41) is 10.9. The van der Waals surface area contributed by atoms with Crippen molar-refractivity contribution in [2.24, 2.45) is 11.3 Å². The van der Waals surface area contributed by atoms with Crippen molar-refractivity contribution >= 4 is 5.91 Å². The van der Waals surface area contributed by atoms with E-state index in [1.807, 2.05) is 30.1 Å². The van der Waals surface area contributed by atoms with E-state index in [0.717, 1.165) is 43.7 Å². The number of carbonyl (C=O) groups is 1. The third-order valence-electron chi connectivity index (χ3n) is 10.9. The number of phenols is 1. The number of likely N-dealkylation sites (N-methyl/N-ethyl adjacent to an activating group) is 1. The largest absolute Gasteiger partial charge is 0.504 e. The van der Waals surface area contributed by atoms with Crippen molar-refractivity contribution in [3.8, 4) is 23.3 Å². The molecule has 198 valence electrons. The van der Waals surface area contributed by atoms with E-state index in [1.54, 1.807) is 0 Å². The first-order chi connectivity index (χ1) is 18.2. The molecule has 5 heteroatoms. The predicted octanol–water partition coefficient (Wildman–Crippen LogP) is 4.73. The average molecular weight is 511 g/mol. The van der Waals surface area contributed by atoms with Gasteiger partial charge in [0.2, 0.25) is 0 Å². The van der Waals surface area contributed by atoms with Crippen LogP contribution in [0.25, 0.3) is 0 Å². The van der Waals surface area contributed by atoms with Crippen LogP contribution in [0.3, 0.4) is 0 Å². The number of phenolic OH excluding ortho intramolecular Hbond substituents is 1. The Morgan fingerprint density at radius 2 is 1.97 bits per heavy atom. The second-order valence-electron chi connectivity index (χ2n) is 12.9. The molecule has 3 fully saturated rings. The molecule has 3 aliphatic carbocycles. The van der Waals surface area contributed by atoms with Gasteiger partial charge in [0.15, 0.2) is 11.5 Å². The summed E-state index contributed by atoms with van der Waals surface area (Å²) >= 11 is 0. The third kappa shape index (κ3) is 3.26. The minimum atomic E-state index is -0.196. The number of rotatable bonds is 3. The van der Waals surface area contributed by atoms with Crippen molar-refractivity contribution in [1.29, 1.82) is 0 Å². The van der Waals surface area contributed by atoms with Crippen molar-refractivity contribution in [2.75, 3.05) is 20.1 Å². The SMILES string of the molecule is Cc1ccc(C#CC(=O)N(C)[C@@H]2CC[C@@]3(C)[C@H]4Cc5ccc(O)c6c5[C@@]3(CCN4CC3CC3)[C@H]2O6)cc1C. The standard InChI is InChI=1S/C33H38N2O3/c1-20-5-6-22(17-21(20)2)9-12-28(37)34(4)25-13-14-32(3)27-18-24-10-11-26(36)30-29(24)33(32,31(25)38-30)15-16-35(27)19-23-7-8-23/h5-6,10-11,17,23,25,27,31,36H,7-8,13-16,18-19H2,1-4H3/t25-,27-,31+,32+,33+/m1/s1. The molecule has 1 saturated heterocycles. The lowest BCUT2D eigenvalue weighted by molar-refractivity contribution is -0.150. The first-order valence-electron chi connectivity index (χ1n) is 14.3. The number of aryl methyl sites for hydroxylation is 2. The zero-order valence-electron chi connectivity index (χ0n) is 23.0. The molecule has 7 rings (SSSR count). The fraction of sp³-hybridized carbons (Fsp3) is 0.545. The molecule has 2 heterocycles. The molecule has 0 aromatic heterocycles. The Bertz CT molecular complexity index is 1400. The highest BCUT2D eigenvalue weighted by Crippen LogP contribution is 2.69. The van der Waals surface area contributed by atoms with Gasteiger partial charge in [0.1, 0.15) is 6.10 Å². The van der Waals surface area contributed by atoms with Crippen LogP contribution in [0.5, 0.6) is 11.5 Å². The lowest BCUT2D eigenvalue weighted by Gasteiger charge is -2.66. The molecule has 2 aromatic rings. The highest BCUT2D eigenvalue weighted by atomic mass is 16.5. The Hall–Kier alpha value is -2.97. The zero-order valence-corrected chi connectivity index (χ0v) is 23.0. The number of hydrogen-bond acceptors (Lipinski definition) is 4. The fourth-order valence-electron chi connectivity index (χ4n) is 8.49. The summed E-state index contributed by atoms with van der Waals surface area (Å²) in [5.41, 5.74) is 5.67. The van der Waals surface area contributed by atoms with Gasteiger partial charge in [0.05, 0.1) is 6.04 Å². The Morgan fingerprint density at radius 3 is 2.74 bits per heavy atom. The van der Waals surface area contributed by atoms with E-state index < -0.39 is 0 Å². The maximum absolute atomic E-state index is 13.4. The Labute approximate surface area is 226 Å². The zero-order chi connectivity index (χ0) is 26.4. The van der Waals surface area contributed by atoms with E-state index in [1.165, 1.54) is 41.6 Å². The Kier molecular flexibility index (Phi) is 5.24. The van der Waals surface area contributed by atoms with Gasteiger partial charge in [-0.25, -0.2) is 0 Å². The highest BCUT2D eigenvalue weighted by molar-refractivity contribution is 5.94. The quantitative estimate of drug-likeness (QED) is 0.607. The van der Waals surface area contributed by atoms with Crippen molar-refractivity contribution in [2.45, 2.75) is 82.9 Å². The fourth-order valence-corrected chi connectivity index (χ4v) is 8.49. The van der Waals surface area contributed by atoms with Crippen LogP contribution in [0.1, 0.15) is 66.8 Å². The van der Waals surface area contributed by atoms with Crippen LogP contribution in [0.2, 0.25) is 0 Å². The van der Waals surface area contributed by atoms with Crippen LogP contribution in [-0.4, -0.2) is 59.1 Å². The number of ether oxygens (including phenoxy) is 1. The summed E-state index contributed by atoms with van der Waals surface area (Å²) in [4.78, 5) is 18.0. The maximum Gasteiger partial charge on any atom is 0.298 e. The molecule has 1 spiro atoms. The van der Waals surface area contributed by atoms with Gasteiger partial charge in [-0.15, -0.1) is 0 Å². The molecule has 2 aromatic carbocycles. The molecule has 38 heavy (non-hydrogen) atoms. The summed E-state index contributed by atoms with van der Waals surface area (Å²) in [6.07, 6.45) is 6.51. The average Bonchev–Trinajstić information content (AvgIpc) is 3.64. The van der Waals surface area contributed by atoms with Gasteiger partial charge >= 0.3 is 0 Å². The monoisotopic (exact) mass is 510 g/mol. The van der Waals surface area contributed by atoms with Crippen molar-refractivity contribution < 1.29 is 14.6 Å². The molecular formula is C33H38N2O3. The number of likely N-dealkylation sites (tertiary alicyclic amines) is 1. The normalized spacial score (nSPS) is 32.6. The van der Waals surface area contributed by atoms with Gasteiger partial charge in [-0.05, 0) is 105 Å². The molecule has 2 aliphatic heterocycles. The van der Waals surface area contributed by atoms with Gasteiger partial charge in [-0.3, -0.25) is 9.69 Å². The second kappa shape index (κ2) is 8.26. The third-order valence-corrected chi connectivity index (χ3v) is 10.9. The molecule has 5 aliphatic rings. The molecule has 1 N–H and O–H groups in total. The summed E-state index contributed by atoms with van der Waals surface area (Å²) in [7, 11) is 1.89. The lowest BCUT2D eigenvalue weighted by Crippen LogP contribution is -2.73. The predicted molar refractivity (Wildman–Crippen MR) is 147 cm³/mol. The summed E-state index contributed by atoms with van der Waals surface area (Å²) in [6.45, 7) is 8.89. The molecule has 1 amide bonds. The van der Waals surface area contributed by atoms with Gasteiger partial charge < -0.3 is 14.7 Å². The van der Waals surface area contributed by atoms with Crippen LogP contribution >= 0.6 is 0 Å². The number of piperidine rings is 1. The van der Waals surface area contributed by atoms with Gasteiger partial charge in [-0.2, -0.15) is 0 Å². The van der Waals surface area contributed by atoms with Gasteiger partial charge in [0, 0.05) is 42.1 Å². The first kappa shape index (κ1) is 24.1. The Morgan fingerprint density at radius 1 is 1.16 bits per heavy atom. The molecular weight excluding hydrogens is 472 g/mol. The number of carbonyl (C=O) groups excluding carboxylic acids is 1. The Balaban J connectivity index is 1.25. The molecule has 0 unspecified atom stereocenters. The minimum Gasteiger partial charge on any atom is -0.504 e. The second-order valence-corrected chi connectivity index (χ2v) is 12.9. The summed E-state index contributed by atoms with van der Waals surface area (Å²) in [6, 6.07) is 10.4. The molecule has 5 atom stereocenters. The van der Waals surface area contributed by atoms with E-state index in [0.29, 0.717) is 11.8 Å². The van der Waals surface area contributed by atoms with Crippen LogP contribution < -0.4 is 4.74 Å². The number of hydrogen-bond donors (Lipinski definition) is 1. The first-order valence-corrected chi connectivity index (χ1v) is 14.3. The van der Waals surface area contributed by atoms with Gasteiger partial charge in [-0.1, -0.05) is 25.0 Å². The van der Waals surface area contributed by atoms with E-state index in [9.17, 15) is 9.90 Å². The van der Waals surface area contributed by atoms with E-state index in [-0.39, 0.29) is 34.6 Å².